The Morgan fingerprint density at radius 1 is 1.24 bits per heavy atom. The quantitative estimate of drug-likeness (QED) is 0.873. The van der Waals surface area contributed by atoms with Crippen molar-refractivity contribution in [2.75, 3.05) is 0 Å². The van der Waals surface area contributed by atoms with Gasteiger partial charge in [0.1, 0.15) is 5.69 Å². The second kappa shape index (κ2) is 6.95. The lowest BCUT2D eigenvalue weighted by molar-refractivity contribution is 0.0846. The van der Waals surface area contributed by atoms with Gasteiger partial charge in [0.25, 0.3) is 5.91 Å². The average molecular weight is 285 g/mol. The molecule has 0 aliphatic rings. The van der Waals surface area contributed by atoms with Crippen LogP contribution in [0.15, 0.2) is 42.7 Å². The summed E-state index contributed by atoms with van der Waals surface area (Å²) in [6.45, 7) is 3.58. The summed E-state index contributed by atoms with van der Waals surface area (Å²) in [5.74, 6) is -0.331. The van der Waals surface area contributed by atoms with E-state index in [1.165, 1.54) is 6.20 Å². The fourth-order valence-electron chi connectivity index (χ4n) is 1.92. The van der Waals surface area contributed by atoms with Gasteiger partial charge in [-0.2, -0.15) is 0 Å². The predicted molar refractivity (Wildman–Crippen MR) is 79.9 cm³/mol. The fraction of sp³-hybridized carbons (Fsp3) is 0.312. The summed E-state index contributed by atoms with van der Waals surface area (Å²) in [6.07, 6.45) is 2.80. The second-order valence-electron chi connectivity index (χ2n) is 5.06. The molecule has 1 aromatic carbocycles. The molecule has 1 amide bonds. The molecule has 0 saturated carbocycles. The molecular formula is C16H19N3O2. The van der Waals surface area contributed by atoms with E-state index in [0.29, 0.717) is 6.42 Å². The monoisotopic (exact) mass is 285 g/mol. The van der Waals surface area contributed by atoms with Gasteiger partial charge in [-0.1, -0.05) is 30.3 Å². The van der Waals surface area contributed by atoms with Crippen LogP contribution in [0.1, 0.15) is 28.7 Å². The summed E-state index contributed by atoms with van der Waals surface area (Å²) in [4.78, 5) is 20.1. The minimum Gasteiger partial charge on any atom is -0.391 e. The molecule has 2 rings (SSSR count). The van der Waals surface area contributed by atoms with Gasteiger partial charge in [0.15, 0.2) is 0 Å². The number of benzene rings is 1. The van der Waals surface area contributed by atoms with E-state index in [0.717, 1.165) is 11.3 Å². The lowest BCUT2D eigenvalue weighted by atomic mass is 10.0. The van der Waals surface area contributed by atoms with Crippen LogP contribution in [0.5, 0.6) is 0 Å². The van der Waals surface area contributed by atoms with Crippen LogP contribution in [0, 0.1) is 6.92 Å². The maximum absolute atomic E-state index is 12.0. The van der Waals surface area contributed by atoms with E-state index in [2.05, 4.69) is 15.3 Å². The molecule has 0 aliphatic heterocycles. The Kier molecular flexibility index (Phi) is 5.00. The van der Waals surface area contributed by atoms with Crippen molar-refractivity contribution >= 4 is 5.91 Å². The number of hydrogen-bond donors (Lipinski definition) is 2. The van der Waals surface area contributed by atoms with Crippen LogP contribution in [0.25, 0.3) is 0 Å². The third kappa shape index (κ3) is 4.36. The summed E-state index contributed by atoms with van der Waals surface area (Å²) in [6, 6.07) is 9.30. The van der Waals surface area contributed by atoms with Crippen molar-refractivity contribution in [1.82, 2.24) is 15.3 Å². The molecule has 2 N–H and O–H groups in total. The zero-order chi connectivity index (χ0) is 15.2. The van der Waals surface area contributed by atoms with Gasteiger partial charge in [0, 0.05) is 12.6 Å². The van der Waals surface area contributed by atoms with E-state index in [9.17, 15) is 9.90 Å². The smallest absolute Gasteiger partial charge is 0.271 e. The SMILES string of the molecule is Cc1cnc(C(=O)NC(C)C(O)Cc2ccccc2)cn1. The molecule has 21 heavy (non-hydrogen) atoms. The minimum absolute atomic E-state index is 0.249. The molecule has 2 unspecified atom stereocenters. The van der Waals surface area contributed by atoms with Gasteiger partial charge in [-0.25, -0.2) is 4.98 Å². The van der Waals surface area contributed by atoms with Gasteiger partial charge in [-0.15, -0.1) is 0 Å². The summed E-state index contributed by atoms with van der Waals surface area (Å²) < 4.78 is 0. The molecule has 2 atom stereocenters. The first-order valence-corrected chi connectivity index (χ1v) is 6.88. The van der Waals surface area contributed by atoms with E-state index in [4.69, 9.17) is 0 Å². The molecule has 0 aliphatic carbocycles. The highest BCUT2D eigenvalue weighted by Crippen LogP contribution is 2.06. The van der Waals surface area contributed by atoms with E-state index >= 15 is 0 Å². The van der Waals surface area contributed by atoms with Crippen LogP contribution in [0.4, 0.5) is 0 Å². The highest BCUT2D eigenvalue weighted by Gasteiger charge is 2.18. The Morgan fingerprint density at radius 3 is 2.57 bits per heavy atom. The number of carbonyl (C=O) groups is 1. The summed E-state index contributed by atoms with van der Waals surface area (Å²) in [5, 5.41) is 12.9. The van der Waals surface area contributed by atoms with E-state index < -0.39 is 6.10 Å². The largest absolute Gasteiger partial charge is 0.391 e. The molecule has 0 radical (unpaired) electrons. The number of amides is 1. The number of nitrogens with one attached hydrogen (secondary N) is 1. The van der Waals surface area contributed by atoms with Crippen molar-refractivity contribution < 1.29 is 9.90 Å². The van der Waals surface area contributed by atoms with Gasteiger partial charge in [-0.3, -0.25) is 9.78 Å². The number of aryl methyl sites for hydroxylation is 1. The number of aliphatic hydroxyl groups excluding tert-OH is 1. The highest BCUT2D eigenvalue weighted by molar-refractivity contribution is 5.92. The first-order chi connectivity index (χ1) is 10.1. The normalized spacial score (nSPS) is 13.5. The third-order valence-electron chi connectivity index (χ3n) is 3.24. The Bertz CT molecular complexity index is 584. The number of nitrogens with zero attached hydrogens (tertiary/aromatic N) is 2. The molecule has 0 bridgehead atoms. The average Bonchev–Trinajstić information content (AvgIpc) is 2.48. The van der Waals surface area contributed by atoms with Crippen molar-refractivity contribution in [3.05, 3.63) is 59.7 Å². The van der Waals surface area contributed by atoms with Crippen LogP contribution >= 0.6 is 0 Å². The standard InChI is InChI=1S/C16H19N3O2/c1-11-9-18-14(10-17-11)16(21)19-12(2)15(20)8-13-6-4-3-5-7-13/h3-7,9-10,12,15,20H,8H2,1-2H3,(H,19,21). The Morgan fingerprint density at radius 2 is 1.95 bits per heavy atom. The van der Waals surface area contributed by atoms with Crippen LogP contribution in [-0.2, 0) is 6.42 Å². The van der Waals surface area contributed by atoms with Gasteiger partial charge in [0.2, 0.25) is 0 Å². The van der Waals surface area contributed by atoms with Gasteiger partial charge in [0.05, 0.1) is 24.0 Å². The highest BCUT2D eigenvalue weighted by atomic mass is 16.3. The first-order valence-electron chi connectivity index (χ1n) is 6.88. The van der Waals surface area contributed by atoms with Crippen LogP contribution in [0.2, 0.25) is 0 Å². The summed E-state index contributed by atoms with van der Waals surface area (Å²) in [5.41, 5.74) is 2.03. The Balaban J connectivity index is 1.92. The maximum atomic E-state index is 12.0. The van der Waals surface area contributed by atoms with Crippen LogP contribution in [0.3, 0.4) is 0 Å². The zero-order valence-electron chi connectivity index (χ0n) is 12.2. The van der Waals surface area contributed by atoms with Gasteiger partial charge < -0.3 is 10.4 Å². The zero-order valence-corrected chi connectivity index (χ0v) is 12.2. The Hall–Kier alpha value is -2.27. The second-order valence-corrected chi connectivity index (χ2v) is 5.06. The molecule has 0 fully saturated rings. The number of carbonyl (C=O) groups excluding carboxylic acids is 1. The number of aliphatic hydroxyl groups is 1. The van der Waals surface area contributed by atoms with E-state index in [-0.39, 0.29) is 17.6 Å². The molecule has 5 heteroatoms. The van der Waals surface area contributed by atoms with Gasteiger partial charge in [-0.05, 0) is 19.4 Å². The minimum atomic E-state index is -0.658. The molecule has 110 valence electrons. The predicted octanol–water partition coefficient (Wildman–Crippen LogP) is 1.51. The number of rotatable bonds is 5. The molecule has 1 aromatic heterocycles. The summed E-state index contributed by atoms with van der Waals surface area (Å²) in [7, 11) is 0. The maximum Gasteiger partial charge on any atom is 0.271 e. The molecule has 1 heterocycles. The van der Waals surface area contributed by atoms with Gasteiger partial charge >= 0.3 is 0 Å². The number of aromatic nitrogens is 2. The molecule has 5 nitrogen and oxygen atoms in total. The first kappa shape index (κ1) is 15.1. The number of hydrogen-bond acceptors (Lipinski definition) is 4. The topological polar surface area (TPSA) is 75.1 Å². The molecule has 0 spiro atoms. The molecule has 0 saturated heterocycles. The fourth-order valence-corrected chi connectivity index (χ4v) is 1.92. The lowest BCUT2D eigenvalue weighted by Gasteiger charge is -2.20. The van der Waals surface area contributed by atoms with Crippen LogP contribution < -0.4 is 5.32 Å². The van der Waals surface area contributed by atoms with Crippen molar-refractivity contribution in [3.8, 4) is 0 Å². The molecule has 2 aromatic rings. The van der Waals surface area contributed by atoms with E-state index in [1.807, 2.05) is 30.3 Å². The van der Waals surface area contributed by atoms with Crippen LogP contribution in [-0.4, -0.2) is 33.1 Å². The molecular weight excluding hydrogens is 266 g/mol. The Labute approximate surface area is 124 Å². The van der Waals surface area contributed by atoms with Crippen molar-refractivity contribution in [3.63, 3.8) is 0 Å². The third-order valence-corrected chi connectivity index (χ3v) is 3.24. The van der Waals surface area contributed by atoms with Crippen molar-refractivity contribution in [1.29, 1.82) is 0 Å². The van der Waals surface area contributed by atoms with E-state index in [1.54, 1.807) is 20.0 Å². The lowest BCUT2D eigenvalue weighted by Crippen LogP contribution is -2.42. The van der Waals surface area contributed by atoms with Crippen molar-refractivity contribution in [2.45, 2.75) is 32.4 Å². The summed E-state index contributed by atoms with van der Waals surface area (Å²) >= 11 is 0. The van der Waals surface area contributed by atoms with Crippen molar-refractivity contribution in [2.24, 2.45) is 0 Å².